The molecule has 0 fully saturated rings. The predicted octanol–water partition coefficient (Wildman–Crippen LogP) is 6.55. The van der Waals surface area contributed by atoms with E-state index in [1.165, 1.54) is 11.1 Å². The lowest BCUT2D eigenvalue weighted by atomic mass is 10.1. The number of hydrogen-bond acceptors (Lipinski definition) is 5. The summed E-state index contributed by atoms with van der Waals surface area (Å²) in [5.74, 6) is 0.633. The molecule has 0 bridgehead atoms. The lowest BCUT2D eigenvalue weighted by Gasteiger charge is -2.08. The first-order valence-electron chi connectivity index (χ1n) is 9.44. The van der Waals surface area contributed by atoms with E-state index in [9.17, 15) is 0 Å². The molecule has 0 aliphatic rings. The van der Waals surface area contributed by atoms with Crippen molar-refractivity contribution in [3.05, 3.63) is 89.9 Å². The summed E-state index contributed by atoms with van der Waals surface area (Å²) in [5, 5.41) is 8.98. The van der Waals surface area contributed by atoms with Gasteiger partial charge in [-0.2, -0.15) is 5.11 Å². The normalized spacial score (nSPS) is 11.1. The number of benzene rings is 2. The van der Waals surface area contributed by atoms with Gasteiger partial charge in [-0.3, -0.25) is 4.98 Å². The van der Waals surface area contributed by atoms with E-state index < -0.39 is 0 Å². The van der Waals surface area contributed by atoms with Crippen LogP contribution in [0.1, 0.15) is 16.7 Å². The van der Waals surface area contributed by atoms with Gasteiger partial charge in [0, 0.05) is 23.5 Å². The molecule has 0 radical (unpaired) electrons. The largest absolute Gasteiger partial charge is 0.265 e. The van der Waals surface area contributed by atoms with E-state index in [1.54, 1.807) is 18.6 Å². The van der Waals surface area contributed by atoms with Gasteiger partial charge >= 0.3 is 0 Å². The molecule has 0 atom stereocenters. The molecule has 4 aromatic rings. The Kier molecular flexibility index (Phi) is 5.20. The van der Waals surface area contributed by atoms with Crippen molar-refractivity contribution in [2.45, 2.75) is 20.8 Å². The zero-order valence-electron chi connectivity index (χ0n) is 16.7. The Balaban J connectivity index is 1.81. The molecule has 4 rings (SSSR count). The van der Waals surface area contributed by atoms with E-state index in [0.717, 1.165) is 28.1 Å². The minimum atomic E-state index is 0.632. The number of nitrogens with zero attached hydrogens (tertiary/aromatic N) is 5. The monoisotopic (exact) mass is 379 g/mol. The first-order valence-corrected chi connectivity index (χ1v) is 9.44. The van der Waals surface area contributed by atoms with E-state index >= 15 is 0 Å². The van der Waals surface area contributed by atoms with Gasteiger partial charge in [-0.15, -0.1) is 5.11 Å². The Morgan fingerprint density at radius 3 is 2.21 bits per heavy atom. The first kappa shape index (κ1) is 18.6. The molecule has 5 nitrogen and oxygen atoms in total. The van der Waals surface area contributed by atoms with Crippen LogP contribution in [0.15, 0.2) is 83.4 Å². The summed E-state index contributed by atoms with van der Waals surface area (Å²) in [4.78, 5) is 13.4. The second-order valence-electron chi connectivity index (χ2n) is 6.95. The van der Waals surface area contributed by atoms with Crippen molar-refractivity contribution in [2.75, 3.05) is 0 Å². The van der Waals surface area contributed by atoms with Crippen molar-refractivity contribution in [3.8, 4) is 22.6 Å². The fourth-order valence-electron chi connectivity index (χ4n) is 2.96. The first-order chi connectivity index (χ1) is 14.1. The third-order valence-electron chi connectivity index (χ3n) is 4.87. The molecular weight excluding hydrogens is 358 g/mol. The number of hydrogen-bond donors (Lipinski definition) is 0. The summed E-state index contributed by atoms with van der Waals surface area (Å²) in [6, 6.07) is 18.0. The Morgan fingerprint density at radius 1 is 0.724 bits per heavy atom. The van der Waals surface area contributed by atoms with Gasteiger partial charge in [-0.25, -0.2) is 9.97 Å². The van der Waals surface area contributed by atoms with Gasteiger partial charge in [0.1, 0.15) is 11.4 Å². The lowest BCUT2D eigenvalue weighted by molar-refractivity contribution is 1.12. The molecule has 0 amide bonds. The van der Waals surface area contributed by atoms with Crippen molar-refractivity contribution >= 4 is 11.4 Å². The van der Waals surface area contributed by atoms with E-state index in [0.29, 0.717) is 11.5 Å². The molecule has 2 aromatic heterocycles. The van der Waals surface area contributed by atoms with Gasteiger partial charge in [0.05, 0.1) is 11.9 Å². The topological polar surface area (TPSA) is 63.4 Å². The standard InChI is InChI=1S/C24H21N5/c1-16-7-9-19(10-8-16)23-22(29-28-21-6-4-5-17(2)18(21)3)15-26-24(27-23)20-11-13-25-14-12-20/h4-15H,1-3H3. The quantitative estimate of drug-likeness (QED) is 0.378. The van der Waals surface area contributed by atoms with Crippen LogP contribution in [0.4, 0.5) is 11.4 Å². The van der Waals surface area contributed by atoms with E-state index in [2.05, 4.69) is 52.2 Å². The van der Waals surface area contributed by atoms with Gasteiger partial charge < -0.3 is 0 Å². The summed E-state index contributed by atoms with van der Waals surface area (Å²) in [7, 11) is 0. The average molecular weight is 379 g/mol. The van der Waals surface area contributed by atoms with Crippen molar-refractivity contribution in [3.63, 3.8) is 0 Å². The van der Waals surface area contributed by atoms with Crippen LogP contribution in [0.5, 0.6) is 0 Å². The Labute approximate surface area is 170 Å². The number of pyridine rings is 1. The molecule has 0 spiro atoms. The van der Waals surface area contributed by atoms with Gasteiger partial charge in [0.25, 0.3) is 0 Å². The van der Waals surface area contributed by atoms with Gasteiger partial charge in [0.15, 0.2) is 5.82 Å². The number of aromatic nitrogens is 3. The maximum Gasteiger partial charge on any atom is 0.160 e. The maximum atomic E-state index is 4.80. The van der Waals surface area contributed by atoms with Gasteiger partial charge in [0.2, 0.25) is 0 Å². The minimum absolute atomic E-state index is 0.632. The zero-order chi connectivity index (χ0) is 20.2. The third kappa shape index (κ3) is 4.09. The van der Waals surface area contributed by atoms with Crippen LogP contribution in [0.3, 0.4) is 0 Å². The zero-order valence-corrected chi connectivity index (χ0v) is 16.7. The molecule has 29 heavy (non-hydrogen) atoms. The third-order valence-corrected chi connectivity index (χ3v) is 4.87. The Bertz CT molecular complexity index is 1170. The van der Waals surface area contributed by atoms with Crippen LogP contribution < -0.4 is 0 Å². The fourth-order valence-corrected chi connectivity index (χ4v) is 2.96. The molecule has 0 saturated carbocycles. The lowest BCUT2D eigenvalue weighted by Crippen LogP contribution is -1.93. The summed E-state index contributed by atoms with van der Waals surface area (Å²) in [6.07, 6.45) is 5.20. The minimum Gasteiger partial charge on any atom is -0.265 e. The van der Waals surface area contributed by atoms with E-state index in [1.807, 2.05) is 43.3 Å². The van der Waals surface area contributed by atoms with Crippen LogP contribution in [0.2, 0.25) is 0 Å². The highest BCUT2D eigenvalue weighted by Gasteiger charge is 2.11. The molecule has 0 saturated heterocycles. The molecule has 0 unspecified atom stereocenters. The van der Waals surface area contributed by atoms with Crippen molar-refractivity contribution in [1.29, 1.82) is 0 Å². The summed E-state index contributed by atoms with van der Waals surface area (Å²) >= 11 is 0. The molecule has 0 N–H and O–H groups in total. The highest BCUT2D eigenvalue weighted by molar-refractivity contribution is 5.73. The Morgan fingerprint density at radius 2 is 1.45 bits per heavy atom. The van der Waals surface area contributed by atoms with E-state index in [4.69, 9.17) is 4.98 Å². The van der Waals surface area contributed by atoms with Crippen molar-refractivity contribution in [1.82, 2.24) is 15.0 Å². The SMILES string of the molecule is Cc1ccc(-c2nc(-c3ccncc3)ncc2N=Nc2cccc(C)c2C)cc1. The molecule has 2 heterocycles. The van der Waals surface area contributed by atoms with Crippen LogP contribution in [0, 0.1) is 20.8 Å². The number of azo groups is 1. The number of aryl methyl sites for hydroxylation is 2. The molecule has 0 aliphatic carbocycles. The predicted molar refractivity (Wildman–Crippen MR) is 116 cm³/mol. The van der Waals surface area contributed by atoms with Crippen LogP contribution in [-0.2, 0) is 0 Å². The van der Waals surface area contributed by atoms with Gasteiger partial charge in [-0.05, 0) is 50.1 Å². The maximum absolute atomic E-state index is 4.80. The highest BCUT2D eigenvalue weighted by atomic mass is 15.1. The molecule has 0 aliphatic heterocycles. The van der Waals surface area contributed by atoms with E-state index in [-0.39, 0.29) is 0 Å². The second kappa shape index (κ2) is 8.10. The fraction of sp³-hybridized carbons (Fsp3) is 0.125. The van der Waals surface area contributed by atoms with Gasteiger partial charge in [-0.1, -0.05) is 42.0 Å². The van der Waals surface area contributed by atoms with Crippen molar-refractivity contribution < 1.29 is 0 Å². The summed E-state index contributed by atoms with van der Waals surface area (Å²) in [6.45, 7) is 6.18. The average Bonchev–Trinajstić information content (AvgIpc) is 2.76. The smallest absolute Gasteiger partial charge is 0.160 e. The van der Waals surface area contributed by atoms with Crippen LogP contribution in [0.25, 0.3) is 22.6 Å². The number of rotatable bonds is 4. The summed E-state index contributed by atoms with van der Waals surface area (Å²) < 4.78 is 0. The highest BCUT2D eigenvalue weighted by Crippen LogP contribution is 2.32. The summed E-state index contributed by atoms with van der Waals surface area (Å²) in [5.41, 5.74) is 7.60. The molecule has 142 valence electrons. The van der Waals surface area contributed by atoms with Crippen LogP contribution in [-0.4, -0.2) is 15.0 Å². The van der Waals surface area contributed by atoms with Crippen LogP contribution >= 0.6 is 0 Å². The molecule has 5 heteroatoms. The molecular formula is C24H21N5. The Hall–Kier alpha value is -3.73. The van der Waals surface area contributed by atoms with Crippen molar-refractivity contribution in [2.24, 2.45) is 10.2 Å². The molecule has 2 aromatic carbocycles. The second-order valence-corrected chi connectivity index (χ2v) is 6.95.